The minimum Gasteiger partial charge on any atom is -0.372 e. The van der Waals surface area contributed by atoms with E-state index in [1.807, 2.05) is 12.1 Å². The number of anilines is 1. The number of piperidine rings is 2. The first-order chi connectivity index (χ1) is 15.5. The monoisotopic (exact) mass is 437 g/mol. The fraction of sp³-hybridized carbons (Fsp3) is 0.519. The molecule has 32 heavy (non-hydrogen) atoms. The fourth-order valence-electron chi connectivity index (χ4n) is 4.86. The van der Waals surface area contributed by atoms with Gasteiger partial charge in [-0.1, -0.05) is 31.2 Å². The van der Waals surface area contributed by atoms with Crippen LogP contribution < -0.4 is 10.2 Å². The zero-order chi connectivity index (χ0) is 22.5. The van der Waals surface area contributed by atoms with Gasteiger partial charge >= 0.3 is 0 Å². The Labute approximate surface area is 191 Å². The van der Waals surface area contributed by atoms with Gasteiger partial charge in [0.25, 0.3) is 0 Å². The van der Waals surface area contributed by atoms with Crippen molar-refractivity contribution < 1.29 is 9.18 Å². The number of hydrogen-bond donors (Lipinski definition) is 1. The highest BCUT2D eigenvalue weighted by Crippen LogP contribution is 2.25. The van der Waals surface area contributed by atoms with Crippen LogP contribution in [0.1, 0.15) is 56.7 Å². The van der Waals surface area contributed by atoms with Gasteiger partial charge in [-0.25, -0.2) is 4.39 Å². The van der Waals surface area contributed by atoms with Crippen molar-refractivity contribution in [3.05, 3.63) is 65.5 Å². The van der Waals surface area contributed by atoms with Gasteiger partial charge in [-0.15, -0.1) is 0 Å². The molecule has 2 aromatic rings. The fourth-order valence-corrected chi connectivity index (χ4v) is 4.86. The molecule has 0 saturated carbocycles. The van der Waals surface area contributed by atoms with E-state index >= 15 is 0 Å². The molecule has 5 heteroatoms. The van der Waals surface area contributed by atoms with Crippen molar-refractivity contribution >= 4 is 11.6 Å². The number of nitrogens with zero attached hydrogens (tertiary/aromatic N) is 2. The summed E-state index contributed by atoms with van der Waals surface area (Å²) >= 11 is 0. The third kappa shape index (κ3) is 5.89. The van der Waals surface area contributed by atoms with Crippen molar-refractivity contribution in [2.75, 3.05) is 31.1 Å². The Kier molecular flexibility index (Phi) is 7.46. The number of carbonyl (C=O) groups excluding carboxylic acids is 1. The van der Waals surface area contributed by atoms with Gasteiger partial charge in [-0.3, -0.25) is 9.69 Å². The summed E-state index contributed by atoms with van der Waals surface area (Å²) < 4.78 is 13.1. The maximum Gasteiger partial charge on any atom is 0.223 e. The molecule has 2 aliphatic rings. The second kappa shape index (κ2) is 10.5. The maximum atomic E-state index is 13.1. The van der Waals surface area contributed by atoms with Gasteiger partial charge in [0, 0.05) is 31.2 Å². The average molecular weight is 438 g/mol. The van der Waals surface area contributed by atoms with E-state index in [4.69, 9.17) is 0 Å². The quantitative estimate of drug-likeness (QED) is 0.679. The van der Waals surface area contributed by atoms with E-state index in [0.29, 0.717) is 0 Å². The Morgan fingerprint density at radius 3 is 2.22 bits per heavy atom. The lowest BCUT2D eigenvalue weighted by Gasteiger charge is -2.32. The normalized spacial score (nSPS) is 19.7. The maximum absolute atomic E-state index is 13.1. The standard InChI is InChI=1S/C27H36FN3O/c1-20-11-17-31(18-12-20)26-9-5-23(6-10-26)21(2)29-27(32)24-13-15-30(16-14-24)19-22-3-7-25(28)8-4-22/h3-10,20-21,24H,11-19H2,1-2H3,(H,29,32). The number of hydrogen-bond acceptors (Lipinski definition) is 3. The minimum absolute atomic E-state index is 0.00942. The third-order valence-electron chi connectivity index (χ3n) is 7.18. The first kappa shape index (κ1) is 22.8. The Morgan fingerprint density at radius 2 is 1.59 bits per heavy atom. The van der Waals surface area contributed by atoms with Crippen molar-refractivity contribution in [1.82, 2.24) is 10.2 Å². The second-order valence-corrected chi connectivity index (χ2v) is 9.67. The Balaban J connectivity index is 1.23. The van der Waals surface area contributed by atoms with Gasteiger partial charge < -0.3 is 10.2 Å². The van der Waals surface area contributed by atoms with Crippen molar-refractivity contribution in [1.29, 1.82) is 0 Å². The number of rotatable bonds is 6. The van der Waals surface area contributed by atoms with Crippen LogP contribution in [-0.2, 0) is 11.3 Å². The molecule has 4 rings (SSSR count). The molecule has 1 atom stereocenters. The lowest BCUT2D eigenvalue weighted by molar-refractivity contribution is -0.127. The molecular formula is C27H36FN3O. The summed E-state index contributed by atoms with van der Waals surface area (Å²) in [6, 6.07) is 15.4. The molecule has 2 fully saturated rings. The Bertz CT molecular complexity index is 867. The van der Waals surface area contributed by atoms with Crippen LogP contribution in [0.25, 0.3) is 0 Å². The van der Waals surface area contributed by atoms with E-state index in [-0.39, 0.29) is 23.7 Å². The Morgan fingerprint density at radius 1 is 0.969 bits per heavy atom. The van der Waals surface area contributed by atoms with E-state index in [0.717, 1.165) is 62.6 Å². The first-order valence-electron chi connectivity index (χ1n) is 12.1. The number of halogens is 1. The van der Waals surface area contributed by atoms with Gasteiger partial charge in [-0.2, -0.15) is 0 Å². The highest BCUT2D eigenvalue weighted by atomic mass is 19.1. The number of amides is 1. The van der Waals surface area contributed by atoms with Crippen molar-refractivity contribution in [3.8, 4) is 0 Å². The molecule has 0 radical (unpaired) electrons. The van der Waals surface area contributed by atoms with E-state index in [2.05, 4.69) is 53.2 Å². The summed E-state index contributed by atoms with van der Waals surface area (Å²) in [7, 11) is 0. The van der Waals surface area contributed by atoms with Crippen LogP contribution in [0.2, 0.25) is 0 Å². The molecule has 0 aromatic heterocycles. The van der Waals surface area contributed by atoms with Crippen LogP contribution in [0.5, 0.6) is 0 Å². The number of carbonyl (C=O) groups is 1. The molecule has 2 heterocycles. The number of likely N-dealkylation sites (tertiary alicyclic amines) is 1. The number of benzene rings is 2. The predicted molar refractivity (Wildman–Crippen MR) is 128 cm³/mol. The zero-order valence-electron chi connectivity index (χ0n) is 19.4. The highest BCUT2D eigenvalue weighted by molar-refractivity contribution is 5.79. The summed E-state index contributed by atoms with van der Waals surface area (Å²) in [5.41, 5.74) is 3.55. The SMILES string of the molecule is CC1CCN(c2ccc(C(C)NC(=O)C3CCN(Cc4ccc(F)cc4)CC3)cc2)CC1. The van der Waals surface area contributed by atoms with Crippen LogP contribution in [0.15, 0.2) is 48.5 Å². The van der Waals surface area contributed by atoms with Crippen LogP contribution >= 0.6 is 0 Å². The molecule has 4 nitrogen and oxygen atoms in total. The van der Waals surface area contributed by atoms with Gasteiger partial charge in [-0.05, 0) is 87.0 Å². The van der Waals surface area contributed by atoms with E-state index in [9.17, 15) is 9.18 Å². The van der Waals surface area contributed by atoms with Crippen LogP contribution in [-0.4, -0.2) is 37.0 Å². The van der Waals surface area contributed by atoms with Crippen molar-refractivity contribution in [2.45, 2.75) is 52.1 Å². The first-order valence-corrected chi connectivity index (χ1v) is 12.1. The van der Waals surface area contributed by atoms with E-state index in [1.54, 1.807) is 0 Å². The topological polar surface area (TPSA) is 35.6 Å². The van der Waals surface area contributed by atoms with Crippen LogP contribution in [0.4, 0.5) is 10.1 Å². The summed E-state index contributed by atoms with van der Waals surface area (Å²) in [5, 5.41) is 3.23. The van der Waals surface area contributed by atoms with E-state index < -0.39 is 0 Å². The third-order valence-corrected chi connectivity index (χ3v) is 7.18. The van der Waals surface area contributed by atoms with Crippen LogP contribution in [0.3, 0.4) is 0 Å². The molecule has 1 N–H and O–H groups in total. The molecule has 0 bridgehead atoms. The molecule has 2 aromatic carbocycles. The molecule has 1 amide bonds. The lowest BCUT2D eigenvalue weighted by Crippen LogP contribution is -2.40. The van der Waals surface area contributed by atoms with Crippen LogP contribution in [0, 0.1) is 17.7 Å². The van der Waals surface area contributed by atoms with E-state index in [1.165, 1.54) is 30.7 Å². The molecule has 2 aliphatic heterocycles. The molecule has 2 saturated heterocycles. The highest BCUT2D eigenvalue weighted by Gasteiger charge is 2.26. The van der Waals surface area contributed by atoms with Gasteiger partial charge in [0.15, 0.2) is 0 Å². The minimum atomic E-state index is -0.200. The number of nitrogens with one attached hydrogen (secondary N) is 1. The summed E-state index contributed by atoms with van der Waals surface area (Å²) in [6.45, 7) is 9.27. The lowest BCUT2D eigenvalue weighted by atomic mass is 9.94. The smallest absolute Gasteiger partial charge is 0.223 e. The second-order valence-electron chi connectivity index (χ2n) is 9.67. The van der Waals surface area contributed by atoms with Gasteiger partial charge in [0.05, 0.1) is 6.04 Å². The molecular weight excluding hydrogens is 401 g/mol. The van der Waals surface area contributed by atoms with Crippen molar-refractivity contribution in [2.24, 2.45) is 11.8 Å². The predicted octanol–water partition coefficient (Wildman–Crippen LogP) is 5.15. The van der Waals surface area contributed by atoms with Gasteiger partial charge in [0.2, 0.25) is 5.91 Å². The molecule has 0 spiro atoms. The Hall–Kier alpha value is -2.40. The molecule has 0 aliphatic carbocycles. The summed E-state index contributed by atoms with van der Waals surface area (Å²) in [4.78, 5) is 17.7. The molecule has 1 unspecified atom stereocenters. The summed E-state index contributed by atoms with van der Waals surface area (Å²) in [5.74, 6) is 0.856. The largest absolute Gasteiger partial charge is 0.372 e. The molecule has 172 valence electrons. The summed E-state index contributed by atoms with van der Waals surface area (Å²) in [6.07, 6.45) is 4.26. The van der Waals surface area contributed by atoms with Crippen molar-refractivity contribution in [3.63, 3.8) is 0 Å². The average Bonchev–Trinajstić information content (AvgIpc) is 2.81. The zero-order valence-corrected chi connectivity index (χ0v) is 19.4. The van der Waals surface area contributed by atoms with Gasteiger partial charge in [0.1, 0.15) is 5.82 Å².